The fraction of sp³-hybridized carbons (Fsp3) is 0.600. The number of para-hydroxylation sites is 1. The van der Waals surface area contributed by atoms with Gasteiger partial charge in [-0.1, -0.05) is 25.1 Å². The molecule has 3 heteroatoms. The predicted octanol–water partition coefficient (Wildman–Crippen LogP) is 3.49. The van der Waals surface area contributed by atoms with E-state index in [4.69, 9.17) is 4.74 Å². The molecule has 0 aromatic heterocycles. The van der Waals surface area contributed by atoms with Crippen LogP contribution in [0.1, 0.15) is 37.9 Å². The molecular weight excluding hydrogens is 229 g/mol. The lowest BCUT2D eigenvalue weighted by atomic mass is 9.90. The average Bonchev–Trinajstić information content (AvgIpc) is 2.45. The minimum absolute atomic E-state index is 0.0742. The molecule has 1 heterocycles. The van der Waals surface area contributed by atoms with E-state index in [9.17, 15) is 4.39 Å². The normalized spacial score (nSPS) is 21.6. The lowest BCUT2D eigenvalue weighted by Crippen LogP contribution is -2.32. The molecule has 0 saturated carbocycles. The minimum atomic E-state index is -0.925. The fourth-order valence-corrected chi connectivity index (χ4v) is 2.43. The van der Waals surface area contributed by atoms with Gasteiger partial charge in [0.2, 0.25) is 0 Å². The highest BCUT2D eigenvalue weighted by molar-refractivity contribution is 5.35. The number of rotatable bonds is 5. The van der Waals surface area contributed by atoms with E-state index in [1.54, 1.807) is 0 Å². The molecule has 2 unspecified atom stereocenters. The Morgan fingerprint density at radius 2 is 2.28 bits per heavy atom. The number of hydrogen-bond donors (Lipinski definition) is 1. The van der Waals surface area contributed by atoms with E-state index in [0.29, 0.717) is 17.9 Å². The number of benzene rings is 1. The van der Waals surface area contributed by atoms with Crippen LogP contribution in [0.4, 0.5) is 4.39 Å². The van der Waals surface area contributed by atoms with E-state index in [1.807, 2.05) is 24.3 Å². The molecule has 1 saturated heterocycles. The van der Waals surface area contributed by atoms with Crippen LogP contribution >= 0.6 is 0 Å². The van der Waals surface area contributed by atoms with Crippen molar-refractivity contribution in [3.63, 3.8) is 0 Å². The molecule has 0 bridgehead atoms. The van der Waals surface area contributed by atoms with Gasteiger partial charge in [-0.15, -0.1) is 0 Å². The van der Waals surface area contributed by atoms with Gasteiger partial charge in [0.15, 0.2) is 0 Å². The lowest BCUT2D eigenvalue weighted by Gasteiger charge is -2.27. The van der Waals surface area contributed by atoms with Crippen LogP contribution < -0.4 is 10.1 Å². The van der Waals surface area contributed by atoms with Crippen molar-refractivity contribution in [1.29, 1.82) is 0 Å². The van der Waals surface area contributed by atoms with E-state index in [0.717, 1.165) is 32.4 Å². The molecule has 1 aromatic carbocycles. The van der Waals surface area contributed by atoms with Crippen LogP contribution in [0.15, 0.2) is 24.3 Å². The van der Waals surface area contributed by atoms with Crippen molar-refractivity contribution in [2.45, 2.75) is 32.4 Å². The fourth-order valence-electron chi connectivity index (χ4n) is 2.43. The molecule has 1 aliphatic heterocycles. The van der Waals surface area contributed by atoms with Crippen molar-refractivity contribution in [3.05, 3.63) is 29.8 Å². The number of halogens is 1. The number of piperidine rings is 1. The van der Waals surface area contributed by atoms with E-state index in [1.165, 1.54) is 0 Å². The zero-order chi connectivity index (χ0) is 12.8. The van der Waals surface area contributed by atoms with Crippen LogP contribution in [-0.4, -0.2) is 19.7 Å². The first kappa shape index (κ1) is 13.3. The molecule has 0 aliphatic carbocycles. The van der Waals surface area contributed by atoms with Crippen molar-refractivity contribution in [2.24, 2.45) is 5.92 Å². The monoisotopic (exact) mass is 251 g/mol. The van der Waals surface area contributed by atoms with Crippen LogP contribution in [0.5, 0.6) is 5.75 Å². The smallest absolute Gasteiger partial charge is 0.133 e. The summed E-state index contributed by atoms with van der Waals surface area (Å²) in [6.07, 6.45) is 2.03. The molecule has 1 N–H and O–H groups in total. The summed E-state index contributed by atoms with van der Waals surface area (Å²) < 4.78 is 20.2. The number of ether oxygens (including phenoxy) is 1. The Kier molecular flexibility index (Phi) is 5.00. The topological polar surface area (TPSA) is 21.3 Å². The molecule has 2 nitrogen and oxygen atoms in total. The second kappa shape index (κ2) is 6.74. The van der Waals surface area contributed by atoms with E-state index in [-0.39, 0.29) is 5.92 Å². The molecule has 2 rings (SSSR count). The Labute approximate surface area is 109 Å². The molecular formula is C15H22FNO. The second-order valence-corrected chi connectivity index (χ2v) is 4.89. The Bertz CT molecular complexity index is 363. The third kappa shape index (κ3) is 3.22. The SMILES string of the molecule is CCCOc1ccccc1C(F)C1CCCNC1. The maximum atomic E-state index is 14.6. The second-order valence-electron chi connectivity index (χ2n) is 4.89. The highest BCUT2D eigenvalue weighted by Gasteiger charge is 2.26. The summed E-state index contributed by atoms with van der Waals surface area (Å²) in [4.78, 5) is 0. The van der Waals surface area contributed by atoms with Crippen molar-refractivity contribution >= 4 is 0 Å². The largest absolute Gasteiger partial charge is 0.493 e. The van der Waals surface area contributed by atoms with Gasteiger partial charge in [0.05, 0.1) is 6.61 Å². The number of nitrogens with one attached hydrogen (secondary N) is 1. The average molecular weight is 251 g/mol. The van der Waals surface area contributed by atoms with E-state index in [2.05, 4.69) is 12.2 Å². The summed E-state index contributed by atoms with van der Waals surface area (Å²) >= 11 is 0. The third-order valence-electron chi connectivity index (χ3n) is 3.43. The molecule has 1 aromatic rings. The quantitative estimate of drug-likeness (QED) is 0.865. The first-order valence-electron chi connectivity index (χ1n) is 6.89. The Morgan fingerprint density at radius 1 is 1.44 bits per heavy atom. The summed E-state index contributed by atoms with van der Waals surface area (Å²) in [5.41, 5.74) is 0.708. The molecule has 0 amide bonds. The minimum Gasteiger partial charge on any atom is -0.493 e. The predicted molar refractivity (Wildman–Crippen MR) is 71.7 cm³/mol. The molecule has 18 heavy (non-hydrogen) atoms. The number of hydrogen-bond acceptors (Lipinski definition) is 2. The third-order valence-corrected chi connectivity index (χ3v) is 3.43. The van der Waals surface area contributed by atoms with Crippen molar-refractivity contribution < 1.29 is 9.13 Å². The summed E-state index contributed by atoms with van der Waals surface area (Å²) in [6, 6.07) is 7.51. The summed E-state index contributed by atoms with van der Waals surface area (Å²) in [5.74, 6) is 0.780. The summed E-state index contributed by atoms with van der Waals surface area (Å²) in [6.45, 7) is 4.48. The van der Waals surface area contributed by atoms with Crippen molar-refractivity contribution in [1.82, 2.24) is 5.32 Å². The van der Waals surface area contributed by atoms with Gasteiger partial charge in [0, 0.05) is 18.0 Å². The van der Waals surface area contributed by atoms with Crippen LogP contribution in [0.3, 0.4) is 0 Å². The van der Waals surface area contributed by atoms with Gasteiger partial charge < -0.3 is 10.1 Å². The molecule has 1 fully saturated rings. The molecule has 0 spiro atoms. The molecule has 1 aliphatic rings. The van der Waals surface area contributed by atoms with Crippen LogP contribution in [-0.2, 0) is 0 Å². The maximum absolute atomic E-state index is 14.6. The van der Waals surface area contributed by atoms with Crippen LogP contribution in [0.2, 0.25) is 0 Å². The summed E-state index contributed by atoms with van der Waals surface area (Å²) in [7, 11) is 0. The van der Waals surface area contributed by atoms with Gasteiger partial charge in [0.25, 0.3) is 0 Å². The Hall–Kier alpha value is -1.09. The zero-order valence-electron chi connectivity index (χ0n) is 11.0. The van der Waals surface area contributed by atoms with Crippen molar-refractivity contribution in [2.75, 3.05) is 19.7 Å². The number of alkyl halides is 1. The highest BCUT2D eigenvalue weighted by Crippen LogP contribution is 2.35. The molecule has 0 radical (unpaired) electrons. The van der Waals surface area contributed by atoms with Gasteiger partial charge in [0.1, 0.15) is 11.9 Å². The van der Waals surface area contributed by atoms with Crippen LogP contribution in [0.25, 0.3) is 0 Å². The van der Waals surface area contributed by atoms with Crippen molar-refractivity contribution in [3.8, 4) is 5.75 Å². The molecule has 100 valence electrons. The first-order valence-corrected chi connectivity index (χ1v) is 6.89. The zero-order valence-corrected chi connectivity index (χ0v) is 11.0. The maximum Gasteiger partial charge on any atom is 0.133 e. The van der Waals surface area contributed by atoms with E-state index >= 15 is 0 Å². The van der Waals surface area contributed by atoms with Gasteiger partial charge >= 0.3 is 0 Å². The standard InChI is InChI=1S/C15H22FNO/c1-2-10-18-14-8-4-3-7-13(14)15(16)12-6-5-9-17-11-12/h3-4,7-8,12,15,17H,2,5-6,9-11H2,1H3. The lowest BCUT2D eigenvalue weighted by molar-refractivity contribution is 0.187. The van der Waals surface area contributed by atoms with E-state index < -0.39 is 6.17 Å². The summed E-state index contributed by atoms with van der Waals surface area (Å²) in [5, 5.41) is 3.27. The van der Waals surface area contributed by atoms with Gasteiger partial charge in [-0.05, 0) is 31.9 Å². The highest BCUT2D eigenvalue weighted by atomic mass is 19.1. The van der Waals surface area contributed by atoms with Crippen LogP contribution in [0, 0.1) is 5.92 Å². The van der Waals surface area contributed by atoms with Gasteiger partial charge in [-0.2, -0.15) is 0 Å². The van der Waals surface area contributed by atoms with Gasteiger partial charge in [-0.3, -0.25) is 0 Å². The van der Waals surface area contributed by atoms with Gasteiger partial charge in [-0.25, -0.2) is 4.39 Å². The Balaban J connectivity index is 2.10. The first-order chi connectivity index (χ1) is 8.83. The molecule has 2 atom stereocenters. The Morgan fingerprint density at radius 3 is 3.00 bits per heavy atom.